The molecule has 20 heavy (non-hydrogen) atoms. The van der Waals surface area contributed by atoms with E-state index in [4.69, 9.17) is 11.6 Å². The molecule has 110 valence electrons. The van der Waals surface area contributed by atoms with Crippen molar-refractivity contribution in [1.82, 2.24) is 10.2 Å². The number of nitrogens with zero attached hydrogens (tertiary/aromatic N) is 1. The lowest BCUT2D eigenvalue weighted by atomic mass is 9.92. The fourth-order valence-corrected chi connectivity index (χ4v) is 2.95. The molecule has 0 bridgehead atoms. The molecule has 2 atom stereocenters. The van der Waals surface area contributed by atoms with Crippen LogP contribution in [0.15, 0.2) is 24.3 Å². The molecule has 1 heterocycles. The van der Waals surface area contributed by atoms with Gasteiger partial charge in [0, 0.05) is 50.1 Å². The Kier molecular flexibility index (Phi) is 5.40. The lowest BCUT2D eigenvalue weighted by Crippen LogP contribution is -2.51. The molecule has 1 aromatic rings. The number of hydrogen-bond donors (Lipinski definition) is 2. The average Bonchev–Trinajstić information content (AvgIpc) is 2.42. The van der Waals surface area contributed by atoms with Gasteiger partial charge in [-0.2, -0.15) is 0 Å². The Bertz CT molecular complexity index is 467. The molecule has 0 unspecified atom stereocenters. The molecule has 1 fully saturated rings. The minimum atomic E-state index is -0.0343. The zero-order valence-corrected chi connectivity index (χ0v) is 12.4. The first kappa shape index (κ1) is 15.3. The van der Waals surface area contributed by atoms with Gasteiger partial charge in [-0.1, -0.05) is 29.8 Å². The third kappa shape index (κ3) is 3.95. The third-order valence-corrected chi connectivity index (χ3v) is 4.16. The molecule has 2 rings (SSSR count). The van der Waals surface area contributed by atoms with Crippen LogP contribution in [0.25, 0.3) is 0 Å². The Morgan fingerprint density at radius 1 is 1.50 bits per heavy atom. The van der Waals surface area contributed by atoms with Crippen molar-refractivity contribution < 1.29 is 9.90 Å². The van der Waals surface area contributed by atoms with Crippen LogP contribution < -0.4 is 5.32 Å². The fourth-order valence-electron chi connectivity index (χ4n) is 2.75. The number of carbonyl (C=O) groups is 1. The Morgan fingerprint density at radius 2 is 2.25 bits per heavy atom. The van der Waals surface area contributed by atoms with Gasteiger partial charge in [-0.25, -0.2) is 0 Å². The zero-order valence-electron chi connectivity index (χ0n) is 11.7. The van der Waals surface area contributed by atoms with Crippen molar-refractivity contribution >= 4 is 17.5 Å². The zero-order chi connectivity index (χ0) is 14.5. The van der Waals surface area contributed by atoms with Gasteiger partial charge in [-0.05, 0) is 18.1 Å². The van der Waals surface area contributed by atoms with E-state index in [2.05, 4.69) is 10.2 Å². The van der Waals surface area contributed by atoms with Gasteiger partial charge in [0.05, 0.1) is 0 Å². The van der Waals surface area contributed by atoms with Crippen molar-refractivity contribution in [2.24, 2.45) is 5.92 Å². The number of hydrogen-bond acceptors (Lipinski definition) is 3. The van der Waals surface area contributed by atoms with E-state index in [0.717, 1.165) is 36.6 Å². The summed E-state index contributed by atoms with van der Waals surface area (Å²) in [6.07, 6.45) is 0.856. The monoisotopic (exact) mass is 296 g/mol. The molecule has 1 aliphatic heterocycles. The Balaban J connectivity index is 1.96. The molecule has 5 heteroatoms. The van der Waals surface area contributed by atoms with Crippen molar-refractivity contribution in [3.05, 3.63) is 34.9 Å². The van der Waals surface area contributed by atoms with Gasteiger partial charge in [-0.15, -0.1) is 0 Å². The second-order valence-corrected chi connectivity index (χ2v) is 5.77. The summed E-state index contributed by atoms with van der Waals surface area (Å²) < 4.78 is 0. The van der Waals surface area contributed by atoms with E-state index in [1.165, 1.54) is 6.92 Å². The van der Waals surface area contributed by atoms with Gasteiger partial charge >= 0.3 is 0 Å². The molecule has 1 saturated heterocycles. The highest BCUT2D eigenvalue weighted by atomic mass is 35.5. The smallest absolute Gasteiger partial charge is 0.217 e. The van der Waals surface area contributed by atoms with Crippen molar-refractivity contribution in [1.29, 1.82) is 0 Å². The fraction of sp³-hybridized carbons (Fsp3) is 0.533. The molecule has 2 N–H and O–H groups in total. The largest absolute Gasteiger partial charge is 0.396 e. The number of benzene rings is 1. The summed E-state index contributed by atoms with van der Waals surface area (Å²) in [6.45, 7) is 4.05. The number of aliphatic hydroxyl groups is 1. The third-order valence-electron chi connectivity index (χ3n) is 3.79. The van der Waals surface area contributed by atoms with Crippen LogP contribution in [0, 0.1) is 5.92 Å². The van der Waals surface area contributed by atoms with Crippen molar-refractivity contribution in [2.45, 2.75) is 25.9 Å². The van der Waals surface area contributed by atoms with Crippen molar-refractivity contribution in [3.63, 3.8) is 0 Å². The molecule has 0 spiro atoms. The van der Waals surface area contributed by atoms with E-state index in [0.29, 0.717) is 0 Å². The van der Waals surface area contributed by atoms with Crippen LogP contribution in [0.5, 0.6) is 0 Å². The van der Waals surface area contributed by atoms with E-state index in [9.17, 15) is 9.90 Å². The topological polar surface area (TPSA) is 52.6 Å². The maximum Gasteiger partial charge on any atom is 0.217 e. The first-order valence-corrected chi connectivity index (χ1v) is 7.31. The lowest BCUT2D eigenvalue weighted by Gasteiger charge is -2.38. The van der Waals surface area contributed by atoms with Crippen LogP contribution in [0.2, 0.25) is 5.02 Å². The van der Waals surface area contributed by atoms with Crippen molar-refractivity contribution in [2.75, 3.05) is 19.7 Å². The van der Waals surface area contributed by atoms with Gasteiger partial charge in [0.1, 0.15) is 0 Å². The number of rotatable bonds is 4. The second-order valence-electron chi connectivity index (χ2n) is 5.36. The quantitative estimate of drug-likeness (QED) is 0.888. The molecule has 0 aliphatic carbocycles. The summed E-state index contributed by atoms with van der Waals surface area (Å²) in [5, 5.41) is 13.2. The number of aliphatic hydroxyl groups excluding tert-OH is 1. The van der Waals surface area contributed by atoms with Crippen LogP contribution in [0.4, 0.5) is 0 Å². The van der Waals surface area contributed by atoms with Crippen LogP contribution in [-0.4, -0.2) is 41.7 Å². The minimum Gasteiger partial charge on any atom is -0.396 e. The molecular formula is C15H21ClN2O2. The minimum absolute atomic E-state index is 0.0343. The van der Waals surface area contributed by atoms with E-state index in [1.54, 1.807) is 0 Å². The predicted octanol–water partition coefficient (Wildman–Crippen LogP) is 1.66. The molecule has 1 aliphatic rings. The molecular weight excluding hydrogens is 276 g/mol. The van der Waals surface area contributed by atoms with E-state index >= 15 is 0 Å². The standard InChI is InChI=1S/C15H21ClN2O2/c1-11(20)17-15-6-7-18(9-13(15)10-19)8-12-4-2-3-5-14(12)16/h2-5,13,15,19H,6-10H2,1H3,(H,17,20)/t13-,15-/m1/s1. The van der Waals surface area contributed by atoms with Gasteiger partial charge in [0.2, 0.25) is 5.91 Å². The number of amides is 1. The number of halogens is 1. The van der Waals surface area contributed by atoms with Crippen LogP contribution in [-0.2, 0) is 11.3 Å². The van der Waals surface area contributed by atoms with Gasteiger partial charge < -0.3 is 10.4 Å². The highest BCUT2D eigenvalue weighted by Gasteiger charge is 2.29. The molecule has 0 radical (unpaired) electrons. The SMILES string of the molecule is CC(=O)N[C@@H]1CCN(Cc2ccccc2Cl)C[C@@H]1CO. The first-order valence-electron chi connectivity index (χ1n) is 6.94. The van der Waals surface area contributed by atoms with Crippen LogP contribution >= 0.6 is 11.6 Å². The maximum atomic E-state index is 11.2. The lowest BCUT2D eigenvalue weighted by molar-refractivity contribution is -0.120. The normalized spacial score (nSPS) is 23.6. The van der Waals surface area contributed by atoms with E-state index in [-0.39, 0.29) is 24.5 Å². The van der Waals surface area contributed by atoms with Crippen LogP contribution in [0.1, 0.15) is 18.9 Å². The Hall–Kier alpha value is -1.10. The maximum absolute atomic E-state index is 11.2. The summed E-state index contributed by atoms with van der Waals surface area (Å²) in [7, 11) is 0. The molecule has 0 saturated carbocycles. The highest BCUT2D eigenvalue weighted by molar-refractivity contribution is 6.31. The summed E-state index contributed by atoms with van der Waals surface area (Å²) >= 11 is 6.18. The second kappa shape index (κ2) is 7.07. The Morgan fingerprint density at radius 3 is 2.90 bits per heavy atom. The number of nitrogens with one attached hydrogen (secondary N) is 1. The molecule has 1 amide bonds. The average molecular weight is 297 g/mol. The van der Waals surface area contributed by atoms with Gasteiger partial charge in [0.25, 0.3) is 0 Å². The number of piperidine rings is 1. The summed E-state index contributed by atoms with van der Waals surface area (Å²) in [4.78, 5) is 13.4. The van der Waals surface area contributed by atoms with Crippen LogP contribution in [0.3, 0.4) is 0 Å². The van der Waals surface area contributed by atoms with E-state index < -0.39 is 0 Å². The molecule has 0 aromatic heterocycles. The van der Waals surface area contributed by atoms with Crippen molar-refractivity contribution in [3.8, 4) is 0 Å². The number of carbonyl (C=O) groups excluding carboxylic acids is 1. The Labute approximate surface area is 124 Å². The highest BCUT2D eigenvalue weighted by Crippen LogP contribution is 2.22. The number of likely N-dealkylation sites (tertiary alicyclic amines) is 1. The molecule has 4 nitrogen and oxygen atoms in total. The summed E-state index contributed by atoms with van der Waals surface area (Å²) in [6, 6.07) is 7.89. The summed E-state index contributed by atoms with van der Waals surface area (Å²) in [5.41, 5.74) is 1.10. The summed E-state index contributed by atoms with van der Waals surface area (Å²) in [5.74, 6) is 0.0446. The first-order chi connectivity index (χ1) is 9.60. The van der Waals surface area contributed by atoms with Gasteiger partial charge in [-0.3, -0.25) is 9.69 Å². The van der Waals surface area contributed by atoms with Gasteiger partial charge in [0.15, 0.2) is 0 Å². The predicted molar refractivity (Wildman–Crippen MR) is 79.5 cm³/mol. The molecule has 1 aromatic carbocycles. The van der Waals surface area contributed by atoms with E-state index in [1.807, 2.05) is 24.3 Å².